The molecular weight excluding hydrogens is 314 g/mol. The largest absolute Gasteiger partial charge is 0.301 e. The highest BCUT2D eigenvalue weighted by atomic mass is 32.1. The van der Waals surface area contributed by atoms with Gasteiger partial charge in [0.15, 0.2) is 0 Å². The van der Waals surface area contributed by atoms with Gasteiger partial charge in [0.1, 0.15) is 0 Å². The smallest absolute Gasteiger partial charge is 0.0468 e. The van der Waals surface area contributed by atoms with Crippen LogP contribution in [-0.4, -0.2) is 0 Å². The summed E-state index contributed by atoms with van der Waals surface area (Å²) < 4.78 is 0. The Morgan fingerprint density at radius 1 is 0.857 bits per heavy atom. The lowest BCUT2D eigenvalue weighted by atomic mass is 10.1. The van der Waals surface area contributed by atoms with Gasteiger partial charge in [-0.05, 0) is 40.8 Å². The first-order valence-electron chi connectivity index (χ1n) is 7.22. The predicted molar refractivity (Wildman–Crippen MR) is 95.6 cm³/mol. The molecule has 0 aromatic carbocycles. The highest BCUT2D eigenvalue weighted by Gasteiger charge is 2.19. The van der Waals surface area contributed by atoms with Gasteiger partial charge < -0.3 is 5.32 Å². The second-order valence-corrected chi connectivity index (χ2v) is 7.99. The van der Waals surface area contributed by atoms with Crippen LogP contribution in [0, 0.1) is 0 Å². The van der Waals surface area contributed by atoms with Gasteiger partial charge in [0.25, 0.3) is 0 Å². The molecule has 21 heavy (non-hydrogen) atoms. The SMILES string of the molecule is CCC(NC(Cc1cccs1)c1cccs1)c1cccs1. The molecule has 0 aliphatic rings. The van der Waals surface area contributed by atoms with E-state index in [9.17, 15) is 0 Å². The normalized spacial score (nSPS) is 14.1. The molecule has 0 aliphatic heterocycles. The fourth-order valence-electron chi connectivity index (χ4n) is 2.49. The molecule has 3 aromatic heterocycles. The summed E-state index contributed by atoms with van der Waals surface area (Å²) in [5, 5.41) is 10.4. The number of rotatable bonds is 7. The van der Waals surface area contributed by atoms with E-state index >= 15 is 0 Å². The van der Waals surface area contributed by atoms with E-state index in [1.54, 1.807) is 0 Å². The van der Waals surface area contributed by atoms with E-state index in [0.717, 1.165) is 12.8 Å². The fraction of sp³-hybridized carbons (Fsp3) is 0.294. The number of hydrogen-bond donors (Lipinski definition) is 1. The van der Waals surface area contributed by atoms with Crippen LogP contribution in [-0.2, 0) is 6.42 Å². The van der Waals surface area contributed by atoms with E-state index < -0.39 is 0 Å². The van der Waals surface area contributed by atoms with Crippen LogP contribution in [0.1, 0.15) is 40.1 Å². The third-order valence-electron chi connectivity index (χ3n) is 3.57. The molecule has 4 heteroatoms. The minimum absolute atomic E-state index is 0.399. The van der Waals surface area contributed by atoms with E-state index in [-0.39, 0.29) is 0 Å². The van der Waals surface area contributed by atoms with Crippen molar-refractivity contribution in [1.82, 2.24) is 5.32 Å². The highest BCUT2D eigenvalue weighted by molar-refractivity contribution is 7.10. The maximum Gasteiger partial charge on any atom is 0.0468 e. The van der Waals surface area contributed by atoms with Crippen molar-refractivity contribution in [2.24, 2.45) is 0 Å². The van der Waals surface area contributed by atoms with Crippen molar-refractivity contribution in [3.05, 3.63) is 67.2 Å². The van der Waals surface area contributed by atoms with E-state index in [4.69, 9.17) is 0 Å². The van der Waals surface area contributed by atoms with Gasteiger partial charge in [-0.25, -0.2) is 0 Å². The van der Waals surface area contributed by atoms with E-state index in [1.807, 2.05) is 34.0 Å². The summed E-state index contributed by atoms with van der Waals surface area (Å²) >= 11 is 5.54. The zero-order valence-electron chi connectivity index (χ0n) is 12.0. The summed E-state index contributed by atoms with van der Waals surface area (Å²) in [4.78, 5) is 4.31. The Morgan fingerprint density at radius 3 is 2.00 bits per heavy atom. The zero-order valence-corrected chi connectivity index (χ0v) is 14.4. The second kappa shape index (κ2) is 7.36. The van der Waals surface area contributed by atoms with Crippen LogP contribution in [0.4, 0.5) is 0 Å². The van der Waals surface area contributed by atoms with Crippen molar-refractivity contribution in [2.45, 2.75) is 31.8 Å². The average molecular weight is 334 g/mol. The molecule has 0 saturated heterocycles. The molecule has 0 fully saturated rings. The Labute approximate surface area is 138 Å². The third-order valence-corrected chi connectivity index (χ3v) is 6.44. The number of nitrogens with one attached hydrogen (secondary N) is 1. The predicted octanol–water partition coefficient (Wildman–Crippen LogP) is 5.90. The van der Waals surface area contributed by atoms with Crippen molar-refractivity contribution in [1.29, 1.82) is 0 Å². The molecule has 0 aliphatic carbocycles. The van der Waals surface area contributed by atoms with Gasteiger partial charge in [-0.2, -0.15) is 0 Å². The van der Waals surface area contributed by atoms with Gasteiger partial charge in [-0.15, -0.1) is 34.0 Å². The Bertz CT molecular complexity index is 611. The Balaban J connectivity index is 1.78. The van der Waals surface area contributed by atoms with Crippen LogP contribution >= 0.6 is 34.0 Å². The molecule has 0 bridgehead atoms. The second-order valence-electron chi connectivity index (χ2n) is 4.99. The molecule has 2 atom stereocenters. The first kappa shape index (κ1) is 15.0. The maximum absolute atomic E-state index is 3.87. The van der Waals surface area contributed by atoms with Crippen LogP contribution in [0.15, 0.2) is 52.5 Å². The first-order valence-corrected chi connectivity index (χ1v) is 9.86. The summed E-state index contributed by atoms with van der Waals surface area (Å²) in [6, 6.07) is 14.0. The molecule has 3 aromatic rings. The Kier molecular flexibility index (Phi) is 5.25. The molecule has 110 valence electrons. The van der Waals surface area contributed by atoms with Gasteiger partial charge in [0, 0.05) is 33.1 Å². The molecule has 1 N–H and O–H groups in total. The molecular formula is C17H19NS3. The lowest BCUT2D eigenvalue weighted by molar-refractivity contribution is 0.443. The van der Waals surface area contributed by atoms with Crippen molar-refractivity contribution in [3.63, 3.8) is 0 Å². The summed E-state index contributed by atoms with van der Waals surface area (Å²) in [7, 11) is 0. The van der Waals surface area contributed by atoms with E-state index in [0.29, 0.717) is 12.1 Å². The highest BCUT2D eigenvalue weighted by Crippen LogP contribution is 2.30. The number of hydrogen-bond acceptors (Lipinski definition) is 4. The van der Waals surface area contributed by atoms with Crippen molar-refractivity contribution in [2.75, 3.05) is 0 Å². The lowest BCUT2D eigenvalue weighted by Gasteiger charge is -2.23. The molecule has 0 saturated carbocycles. The van der Waals surface area contributed by atoms with Gasteiger partial charge in [-0.1, -0.05) is 25.1 Å². The molecule has 1 nitrogen and oxygen atoms in total. The standard InChI is InChI=1S/C17H19NS3/c1-2-14(16-7-4-10-20-16)18-15(17-8-5-11-21-17)12-13-6-3-9-19-13/h3-11,14-15,18H,2,12H2,1H3. The Morgan fingerprint density at radius 2 is 1.48 bits per heavy atom. The molecule has 2 unspecified atom stereocenters. The van der Waals surface area contributed by atoms with E-state index in [1.165, 1.54) is 14.6 Å². The minimum Gasteiger partial charge on any atom is -0.301 e. The summed E-state index contributed by atoms with van der Waals surface area (Å²) in [5.41, 5.74) is 0. The lowest BCUT2D eigenvalue weighted by Crippen LogP contribution is -2.26. The summed E-state index contributed by atoms with van der Waals surface area (Å²) in [5.74, 6) is 0. The van der Waals surface area contributed by atoms with Gasteiger partial charge in [0.05, 0.1) is 0 Å². The van der Waals surface area contributed by atoms with Gasteiger partial charge in [0.2, 0.25) is 0 Å². The van der Waals surface area contributed by atoms with E-state index in [2.05, 4.69) is 64.8 Å². The van der Waals surface area contributed by atoms with Crippen molar-refractivity contribution < 1.29 is 0 Å². The van der Waals surface area contributed by atoms with Crippen LogP contribution in [0.25, 0.3) is 0 Å². The zero-order chi connectivity index (χ0) is 14.5. The Hall–Kier alpha value is -0.940. The molecule has 3 heterocycles. The van der Waals surface area contributed by atoms with Gasteiger partial charge in [-0.3, -0.25) is 0 Å². The van der Waals surface area contributed by atoms with Crippen molar-refractivity contribution in [3.8, 4) is 0 Å². The first-order chi connectivity index (χ1) is 10.4. The summed E-state index contributed by atoms with van der Waals surface area (Å²) in [6.45, 7) is 2.26. The van der Waals surface area contributed by atoms with Crippen LogP contribution < -0.4 is 5.32 Å². The quantitative estimate of drug-likeness (QED) is 0.568. The topological polar surface area (TPSA) is 12.0 Å². The van der Waals surface area contributed by atoms with Crippen LogP contribution in [0.3, 0.4) is 0 Å². The molecule has 0 spiro atoms. The molecule has 0 amide bonds. The third kappa shape index (κ3) is 3.83. The molecule has 3 rings (SSSR count). The molecule has 0 radical (unpaired) electrons. The number of thiophene rings is 3. The monoisotopic (exact) mass is 333 g/mol. The van der Waals surface area contributed by atoms with Crippen LogP contribution in [0.5, 0.6) is 0 Å². The average Bonchev–Trinajstić information content (AvgIpc) is 3.26. The van der Waals surface area contributed by atoms with Gasteiger partial charge >= 0.3 is 0 Å². The maximum atomic E-state index is 3.87. The minimum atomic E-state index is 0.399. The fourth-order valence-corrected chi connectivity index (χ4v) is 4.90. The van der Waals surface area contributed by atoms with Crippen LogP contribution in [0.2, 0.25) is 0 Å². The van der Waals surface area contributed by atoms with Crippen molar-refractivity contribution >= 4 is 34.0 Å². The summed E-state index contributed by atoms with van der Waals surface area (Å²) in [6.07, 6.45) is 2.19.